The van der Waals surface area contributed by atoms with Gasteiger partial charge in [0.25, 0.3) is 5.91 Å². The largest absolute Gasteiger partial charge is 0.368 e. The molecular weight excluding hydrogens is 368 g/mol. The zero-order valence-corrected chi connectivity index (χ0v) is 17.0. The van der Waals surface area contributed by atoms with Crippen LogP contribution in [-0.2, 0) is 16.6 Å². The number of hydrogen-bond acceptors (Lipinski definition) is 6. The van der Waals surface area contributed by atoms with Crippen LogP contribution in [0.1, 0.15) is 50.3 Å². The minimum absolute atomic E-state index is 0.0203. The minimum Gasteiger partial charge on any atom is -0.368 e. The van der Waals surface area contributed by atoms with E-state index in [9.17, 15) is 4.79 Å². The number of nitrogens with zero attached hydrogens (tertiary/aromatic N) is 6. The van der Waals surface area contributed by atoms with Gasteiger partial charge < -0.3 is 14.5 Å². The van der Waals surface area contributed by atoms with E-state index in [0.29, 0.717) is 6.61 Å². The van der Waals surface area contributed by atoms with Crippen molar-refractivity contribution in [1.29, 1.82) is 0 Å². The van der Waals surface area contributed by atoms with Gasteiger partial charge in [0, 0.05) is 51.2 Å². The predicted molar refractivity (Wildman–Crippen MR) is 108 cm³/mol. The van der Waals surface area contributed by atoms with Crippen LogP contribution in [0.4, 0.5) is 5.95 Å². The van der Waals surface area contributed by atoms with Gasteiger partial charge in [0.2, 0.25) is 5.95 Å². The Morgan fingerprint density at radius 2 is 2.00 bits per heavy atom. The Hall–Kier alpha value is -2.48. The molecule has 29 heavy (non-hydrogen) atoms. The Labute approximate surface area is 170 Å². The second-order valence-corrected chi connectivity index (χ2v) is 8.23. The first-order chi connectivity index (χ1) is 14.2. The van der Waals surface area contributed by atoms with Gasteiger partial charge in [-0.15, -0.1) is 0 Å². The van der Waals surface area contributed by atoms with E-state index in [0.717, 1.165) is 68.2 Å². The Bertz CT molecular complexity index is 885. The van der Waals surface area contributed by atoms with Crippen LogP contribution in [0, 0.1) is 0 Å². The summed E-state index contributed by atoms with van der Waals surface area (Å²) in [6.45, 7) is 3.47. The number of hydrogen-bond donors (Lipinski definition) is 0. The van der Waals surface area contributed by atoms with E-state index in [4.69, 9.17) is 14.8 Å². The lowest BCUT2D eigenvalue weighted by Crippen LogP contribution is -2.38. The van der Waals surface area contributed by atoms with Gasteiger partial charge in [-0.25, -0.2) is 9.97 Å². The Kier molecular flexibility index (Phi) is 4.95. The van der Waals surface area contributed by atoms with Crippen molar-refractivity contribution in [2.45, 2.75) is 50.7 Å². The fraction of sp³-hybridized carbons (Fsp3) is 0.619. The Morgan fingerprint density at radius 3 is 2.79 bits per heavy atom. The zero-order chi connectivity index (χ0) is 19.8. The molecular formula is C21H28N6O2. The van der Waals surface area contributed by atoms with Crippen molar-refractivity contribution in [3.8, 4) is 11.3 Å². The highest BCUT2D eigenvalue weighted by Crippen LogP contribution is 2.37. The van der Waals surface area contributed by atoms with Gasteiger partial charge in [0.1, 0.15) is 6.10 Å². The van der Waals surface area contributed by atoms with Gasteiger partial charge >= 0.3 is 0 Å². The molecule has 3 aliphatic heterocycles. The third-order valence-corrected chi connectivity index (χ3v) is 6.22. The molecule has 3 fully saturated rings. The number of anilines is 1. The van der Waals surface area contributed by atoms with Crippen LogP contribution in [0.15, 0.2) is 18.5 Å². The quantitative estimate of drug-likeness (QED) is 0.789. The smallest absolute Gasteiger partial charge is 0.252 e. The average molecular weight is 396 g/mol. The summed E-state index contributed by atoms with van der Waals surface area (Å²) in [5, 5.41) is 4.76. The van der Waals surface area contributed by atoms with E-state index in [1.807, 2.05) is 35.1 Å². The third kappa shape index (κ3) is 3.50. The molecule has 3 aliphatic rings. The monoisotopic (exact) mass is 396 g/mol. The number of rotatable bonds is 4. The summed E-state index contributed by atoms with van der Waals surface area (Å²) < 4.78 is 7.49. The lowest BCUT2D eigenvalue weighted by atomic mass is 10.0. The number of amides is 1. The number of ether oxygens (including phenoxy) is 1. The van der Waals surface area contributed by atoms with Crippen LogP contribution in [0.5, 0.6) is 0 Å². The van der Waals surface area contributed by atoms with E-state index in [-0.39, 0.29) is 18.1 Å². The second kappa shape index (κ2) is 7.74. The lowest BCUT2D eigenvalue weighted by molar-refractivity contribution is -0.142. The fourth-order valence-electron chi connectivity index (χ4n) is 4.79. The fourth-order valence-corrected chi connectivity index (χ4v) is 4.79. The molecule has 5 heterocycles. The average Bonchev–Trinajstić information content (AvgIpc) is 3.54. The molecule has 0 bridgehead atoms. The molecule has 2 aromatic heterocycles. The summed E-state index contributed by atoms with van der Waals surface area (Å²) in [4.78, 5) is 26.6. The van der Waals surface area contributed by atoms with Crippen molar-refractivity contribution >= 4 is 11.9 Å². The van der Waals surface area contributed by atoms with E-state index >= 15 is 0 Å². The molecule has 1 amide bonds. The number of carbonyl (C=O) groups excluding carboxylic acids is 1. The first-order valence-corrected chi connectivity index (χ1v) is 10.7. The number of carbonyl (C=O) groups is 1. The van der Waals surface area contributed by atoms with Crippen molar-refractivity contribution < 1.29 is 9.53 Å². The van der Waals surface area contributed by atoms with Crippen molar-refractivity contribution in [2.24, 2.45) is 7.05 Å². The van der Waals surface area contributed by atoms with Crippen molar-refractivity contribution in [1.82, 2.24) is 24.6 Å². The van der Waals surface area contributed by atoms with Crippen molar-refractivity contribution in [3.63, 3.8) is 0 Å². The van der Waals surface area contributed by atoms with Crippen LogP contribution in [-0.4, -0.2) is 62.9 Å². The molecule has 8 nitrogen and oxygen atoms in total. The maximum Gasteiger partial charge on any atom is 0.252 e. The SMILES string of the molecule is Cn1cc(-c2ccnc(N3CCCC3)n2)c([C@@H]2CCCN2C(=O)[C@@H]2CCCO2)n1. The molecule has 5 rings (SSSR count). The van der Waals surface area contributed by atoms with Crippen molar-refractivity contribution in [3.05, 3.63) is 24.2 Å². The topological polar surface area (TPSA) is 76.4 Å². The van der Waals surface area contributed by atoms with Gasteiger partial charge in [-0.05, 0) is 44.6 Å². The molecule has 8 heteroatoms. The maximum atomic E-state index is 13.0. The van der Waals surface area contributed by atoms with E-state index in [2.05, 4.69) is 9.88 Å². The van der Waals surface area contributed by atoms with Gasteiger partial charge in [-0.2, -0.15) is 5.10 Å². The van der Waals surface area contributed by atoms with E-state index in [1.165, 1.54) is 12.8 Å². The standard InChI is InChI=1S/C21H28N6O2/c1-25-14-15(16-8-9-22-21(23-16)26-10-2-3-11-26)19(24-25)17-6-4-12-27(17)20(28)18-7-5-13-29-18/h8-9,14,17-18H,2-7,10-13H2,1H3/t17-,18-/m0/s1. The molecule has 0 N–H and O–H groups in total. The highest BCUT2D eigenvalue weighted by molar-refractivity contribution is 5.82. The van der Waals surface area contributed by atoms with Crippen LogP contribution in [0.3, 0.4) is 0 Å². The lowest BCUT2D eigenvalue weighted by Gasteiger charge is -2.26. The summed E-state index contributed by atoms with van der Waals surface area (Å²) in [5.74, 6) is 0.899. The minimum atomic E-state index is -0.288. The van der Waals surface area contributed by atoms with Crippen LogP contribution < -0.4 is 4.90 Å². The number of likely N-dealkylation sites (tertiary alicyclic amines) is 1. The molecule has 2 aromatic rings. The molecule has 0 unspecified atom stereocenters. The number of aromatic nitrogens is 4. The van der Waals surface area contributed by atoms with Crippen molar-refractivity contribution in [2.75, 3.05) is 31.1 Å². The molecule has 0 spiro atoms. The summed E-state index contributed by atoms with van der Waals surface area (Å²) in [6, 6.07) is 1.93. The highest BCUT2D eigenvalue weighted by atomic mass is 16.5. The first-order valence-electron chi connectivity index (χ1n) is 10.7. The van der Waals surface area contributed by atoms with Gasteiger partial charge in [-0.1, -0.05) is 0 Å². The summed E-state index contributed by atoms with van der Waals surface area (Å²) in [5.41, 5.74) is 2.80. The first kappa shape index (κ1) is 18.5. The molecule has 0 saturated carbocycles. The predicted octanol–water partition coefficient (Wildman–Crippen LogP) is 2.32. The normalized spacial score (nSPS) is 24.6. The number of aryl methyl sites for hydroxylation is 1. The van der Waals surface area contributed by atoms with E-state index < -0.39 is 0 Å². The van der Waals surface area contributed by atoms with Crippen LogP contribution in [0.25, 0.3) is 11.3 Å². The van der Waals surface area contributed by atoms with Crippen LogP contribution in [0.2, 0.25) is 0 Å². The summed E-state index contributed by atoms with van der Waals surface area (Å²) in [7, 11) is 1.93. The van der Waals surface area contributed by atoms with E-state index in [1.54, 1.807) is 0 Å². The third-order valence-electron chi connectivity index (χ3n) is 6.22. The molecule has 0 aliphatic carbocycles. The molecule has 2 atom stereocenters. The van der Waals surface area contributed by atoms with Crippen LogP contribution >= 0.6 is 0 Å². The maximum absolute atomic E-state index is 13.0. The molecule has 3 saturated heterocycles. The summed E-state index contributed by atoms with van der Waals surface area (Å²) >= 11 is 0. The molecule has 154 valence electrons. The van der Waals surface area contributed by atoms with Gasteiger partial charge in [-0.3, -0.25) is 9.48 Å². The highest BCUT2D eigenvalue weighted by Gasteiger charge is 2.38. The van der Waals surface area contributed by atoms with Gasteiger partial charge in [0.05, 0.1) is 17.4 Å². The summed E-state index contributed by atoms with van der Waals surface area (Å²) in [6.07, 6.45) is 9.63. The zero-order valence-electron chi connectivity index (χ0n) is 17.0. The Balaban J connectivity index is 1.46. The van der Waals surface area contributed by atoms with Gasteiger partial charge in [0.15, 0.2) is 0 Å². The second-order valence-electron chi connectivity index (χ2n) is 8.23. The molecule has 0 radical (unpaired) electrons. The molecule has 0 aromatic carbocycles. The Morgan fingerprint density at radius 1 is 1.14 bits per heavy atom.